The summed E-state index contributed by atoms with van der Waals surface area (Å²) in [5.74, 6) is -0.622. The molecule has 1 amide bonds. The summed E-state index contributed by atoms with van der Waals surface area (Å²) in [4.78, 5) is 15.8. The number of hydrogen-bond donors (Lipinski definition) is 1. The lowest BCUT2D eigenvalue weighted by Crippen LogP contribution is -2.37. The molecule has 3 nitrogen and oxygen atoms in total. The minimum Gasteiger partial charge on any atom is -0.350 e. The third-order valence-corrected chi connectivity index (χ3v) is 6.17. The van der Waals surface area contributed by atoms with Gasteiger partial charge in [0.25, 0.3) is 5.91 Å². The van der Waals surface area contributed by atoms with Gasteiger partial charge in [0, 0.05) is 22.0 Å². The van der Waals surface area contributed by atoms with Crippen molar-refractivity contribution >= 4 is 40.9 Å². The Bertz CT molecular complexity index is 807. The van der Waals surface area contributed by atoms with Crippen LogP contribution in [0.15, 0.2) is 41.3 Å². The molecule has 1 saturated heterocycles. The molecule has 0 aliphatic carbocycles. The summed E-state index contributed by atoms with van der Waals surface area (Å²) in [5, 5.41) is 3.70. The zero-order chi connectivity index (χ0) is 19.4. The van der Waals surface area contributed by atoms with Gasteiger partial charge in [0.05, 0.1) is 16.6 Å². The molecule has 144 valence electrons. The molecule has 0 saturated carbocycles. The Morgan fingerprint density at radius 2 is 1.96 bits per heavy atom. The first-order chi connectivity index (χ1) is 13.0. The first-order valence-electron chi connectivity index (χ1n) is 8.81. The highest BCUT2D eigenvalue weighted by atomic mass is 35.5. The van der Waals surface area contributed by atoms with Crippen LogP contribution in [-0.4, -0.2) is 36.7 Å². The van der Waals surface area contributed by atoms with E-state index in [1.165, 1.54) is 6.07 Å². The summed E-state index contributed by atoms with van der Waals surface area (Å²) in [5.41, 5.74) is 0.855. The highest BCUT2D eigenvalue weighted by molar-refractivity contribution is 7.98. The molecule has 1 unspecified atom stereocenters. The van der Waals surface area contributed by atoms with Crippen molar-refractivity contribution in [3.8, 4) is 0 Å². The molecular formula is C20H21Cl2FN2OS. The molecule has 1 fully saturated rings. The van der Waals surface area contributed by atoms with E-state index in [9.17, 15) is 9.18 Å². The molecule has 2 aromatic carbocycles. The summed E-state index contributed by atoms with van der Waals surface area (Å²) in [6.45, 7) is 1.97. The van der Waals surface area contributed by atoms with Crippen LogP contribution in [0.2, 0.25) is 10.0 Å². The lowest BCUT2D eigenvalue weighted by molar-refractivity contribution is 0.0937. The van der Waals surface area contributed by atoms with Crippen LogP contribution in [0.1, 0.15) is 34.8 Å². The number of nitrogens with one attached hydrogen (secondary N) is 1. The Balaban J connectivity index is 1.82. The Labute approximate surface area is 173 Å². The van der Waals surface area contributed by atoms with Gasteiger partial charge < -0.3 is 5.32 Å². The van der Waals surface area contributed by atoms with Gasteiger partial charge in [-0.3, -0.25) is 9.69 Å². The number of hydrogen-bond acceptors (Lipinski definition) is 3. The maximum Gasteiger partial charge on any atom is 0.252 e. The van der Waals surface area contributed by atoms with Gasteiger partial charge in [-0.1, -0.05) is 29.3 Å². The van der Waals surface area contributed by atoms with Crippen molar-refractivity contribution in [2.75, 3.05) is 25.9 Å². The molecule has 0 spiro atoms. The van der Waals surface area contributed by atoms with E-state index in [1.54, 1.807) is 36.0 Å². The van der Waals surface area contributed by atoms with Gasteiger partial charge in [0.1, 0.15) is 5.82 Å². The molecular weight excluding hydrogens is 406 g/mol. The van der Waals surface area contributed by atoms with E-state index in [0.717, 1.165) is 30.8 Å². The fourth-order valence-corrected chi connectivity index (χ4v) is 4.32. The number of carbonyl (C=O) groups is 1. The molecule has 3 rings (SSSR count). The molecule has 0 radical (unpaired) electrons. The Morgan fingerprint density at radius 1 is 1.22 bits per heavy atom. The van der Waals surface area contributed by atoms with E-state index in [1.807, 2.05) is 12.3 Å². The van der Waals surface area contributed by atoms with Gasteiger partial charge in [-0.15, -0.1) is 11.8 Å². The third kappa shape index (κ3) is 4.77. The van der Waals surface area contributed by atoms with Crippen molar-refractivity contribution in [1.82, 2.24) is 10.2 Å². The normalized spacial score (nSPS) is 15.7. The van der Waals surface area contributed by atoms with Crippen LogP contribution < -0.4 is 5.32 Å². The molecule has 0 aromatic heterocycles. The second-order valence-electron chi connectivity index (χ2n) is 6.45. The van der Waals surface area contributed by atoms with Crippen molar-refractivity contribution in [2.24, 2.45) is 0 Å². The lowest BCUT2D eigenvalue weighted by atomic mass is 10.0. The number of benzene rings is 2. The largest absolute Gasteiger partial charge is 0.350 e. The van der Waals surface area contributed by atoms with Crippen LogP contribution in [0.5, 0.6) is 0 Å². The Morgan fingerprint density at radius 3 is 2.63 bits per heavy atom. The average molecular weight is 427 g/mol. The quantitative estimate of drug-likeness (QED) is 0.625. The molecule has 1 atom stereocenters. The van der Waals surface area contributed by atoms with Gasteiger partial charge in [-0.05, 0) is 62.5 Å². The first kappa shape index (κ1) is 20.5. The number of thioether (sulfide) groups is 1. The highest BCUT2D eigenvalue weighted by Gasteiger charge is 2.28. The minimum absolute atomic E-state index is 0.263. The molecule has 1 heterocycles. The molecule has 0 bridgehead atoms. The van der Waals surface area contributed by atoms with E-state index in [-0.39, 0.29) is 24.3 Å². The van der Waals surface area contributed by atoms with E-state index in [4.69, 9.17) is 23.2 Å². The molecule has 1 N–H and O–H groups in total. The molecule has 27 heavy (non-hydrogen) atoms. The van der Waals surface area contributed by atoms with E-state index in [2.05, 4.69) is 10.2 Å². The second kappa shape index (κ2) is 9.28. The van der Waals surface area contributed by atoms with Crippen LogP contribution in [0, 0.1) is 5.82 Å². The number of rotatable bonds is 6. The van der Waals surface area contributed by atoms with Crippen molar-refractivity contribution in [1.29, 1.82) is 0 Å². The number of carbonyl (C=O) groups excluding carboxylic acids is 1. The smallest absolute Gasteiger partial charge is 0.252 e. The zero-order valence-corrected chi connectivity index (χ0v) is 17.3. The Hall–Kier alpha value is -1.27. The van der Waals surface area contributed by atoms with Crippen molar-refractivity contribution in [2.45, 2.75) is 23.8 Å². The standard InChI is InChI=1S/C20H21Cl2FN2OS/c1-27-13-7-8-15(21)14(11-13)20(26)24-12-18(25-9-2-3-10-25)19-16(22)5-4-6-17(19)23/h4-8,11,18H,2-3,9-10,12H2,1H3,(H,24,26). The summed E-state index contributed by atoms with van der Waals surface area (Å²) in [6, 6.07) is 9.73. The zero-order valence-electron chi connectivity index (χ0n) is 15.0. The highest BCUT2D eigenvalue weighted by Crippen LogP contribution is 2.32. The number of likely N-dealkylation sites (tertiary alicyclic amines) is 1. The van der Waals surface area contributed by atoms with E-state index in [0.29, 0.717) is 21.2 Å². The fraction of sp³-hybridized carbons (Fsp3) is 0.350. The monoisotopic (exact) mass is 426 g/mol. The molecule has 1 aliphatic rings. The number of amides is 1. The van der Waals surface area contributed by atoms with Gasteiger partial charge in [-0.2, -0.15) is 0 Å². The molecule has 1 aliphatic heterocycles. The van der Waals surface area contributed by atoms with Crippen LogP contribution in [0.3, 0.4) is 0 Å². The van der Waals surface area contributed by atoms with E-state index < -0.39 is 0 Å². The molecule has 2 aromatic rings. The van der Waals surface area contributed by atoms with Crippen molar-refractivity contribution in [3.05, 3.63) is 63.4 Å². The number of halogens is 3. The van der Waals surface area contributed by atoms with Crippen LogP contribution in [-0.2, 0) is 0 Å². The van der Waals surface area contributed by atoms with Crippen molar-refractivity contribution < 1.29 is 9.18 Å². The maximum atomic E-state index is 14.5. The van der Waals surface area contributed by atoms with Gasteiger partial charge >= 0.3 is 0 Å². The van der Waals surface area contributed by atoms with Crippen LogP contribution >= 0.6 is 35.0 Å². The molecule has 7 heteroatoms. The average Bonchev–Trinajstić information content (AvgIpc) is 3.18. The minimum atomic E-state index is -0.351. The van der Waals surface area contributed by atoms with Crippen LogP contribution in [0.25, 0.3) is 0 Å². The predicted molar refractivity (Wildman–Crippen MR) is 111 cm³/mol. The topological polar surface area (TPSA) is 32.3 Å². The van der Waals surface area contributed by atoms with E-state index >= 15 is 0 Å². The SMILES string of the molecule is CSc1ccc(Cl)c(C(=O)NCC(c2c(F)cccc2Cl)N2CCCC2)c1. The summed E-state index contributed by atoms with van der Waals surface area (Å²) >= 11 is 14.0. The van der Waals surface area contributed by atoms with Crippen LogP contribution in [0.4, 0.5) is 4.39 Å². The number of nitrogens with zero attached hydrogens (tertiary/aromatic N) is 1. The predicted octanol–water partition coefficient (Wildman–Crippen LogP) is 5.42. The van der Waals surface area contributed by atoms with Gasteiger partial charge in [0.15, 0.2) is 0 Å². The third-order valence-electron chi connectivity index (χ3n) is 4.79. The summed E-state index contributed by atoms with van der Waals surface area (Å²) in [7, 11) is 0. The summed E-state index contributed by atoms with van der Waals surface area (Å²) < 4.78 is 14.5. The second-order valence-corrected chi connectivity index (χ2v) is 8.14. The fourth-order valence-electron chi connectivity index (χ4n) is 3.39. The van der Waals surface area contributed by atoms with Gasteiger partial charge in [-0.25, -0.2) is 4.39 Å². The first-order valence-corrected chi connectivity index (χ1v) is 10.8. The van der Waals surface area contributed by atoms with Gasteiger partial charge in [0.2, 0.25) is 0 Å². The Kier molecular flexibility index (Phi) is 7.04. The maximum absolute atomic E-state index is 14.5. The summed E-state index contributed by atoms with van der Waals surface area (Å²) in [6.07, 6.45) is 4.05. The van der Waals surface area contributed by atoms with Crippen molar-refractivity contribution in [3.63, 3.8) is 0 Å². The lowest BCUT2D eigenvalue weighted by Gasteiger charge is -2.29.